The molecule has 3 rings (SSSR count). The van der Waals surface area contributed by atoms with Crippen molar-refractivity contribution in [2.45, 2.75) is 32.9 Å². The summed E-state index contributed by atoms with van der Waals surface area (Å²) in [6, 6.07) is 14.4. The molecule has 1 atom stereocenters. The molecule has 2 aromatic carbocycles. The molecule has 0 unspecified atom stereocenters. The number of aryl methyl sites for hydroxylation is 1. The van der Waals surface area contributed by atoms with Crippen molar-refractivity contribution >= 4 is 27.3 Å². The van der Waals surface area contributed by atoms with Crippen LogP contribution in [0.5, 0.6) is 0 Å². The predicted molar refractivity (Wildman–Crippen MR) is 124 cm³/mol. The maximum absolute atomic E-state index is 13.0. The molecule has 1 amide bonds. The molecule has 31 heavy (non-hydrogen) atoms. The highest BCUT2D eigenvalue weighted by atomic mass is 32.2. The van der Waals surface area contributed by atoms with E-state index in [0.717, 1.165) is 49.4 Å². The Kier molecular flexibility index (Phi) is 7.56. The summed E-state index contributed by atoms with van der Waals surface area (Å²) in [5.74, 6) is -0.313. The van der Waals surface area contributed by atoms with Gasteiger partial charge >= 0.3 is 0 Å². The molecule has 1 aliphatic heterocycles. The Morgan fingerprint density at radius 2 is 1.84 bits per heavy atom. The fraction of sp³-hybridized carbons (Fsp3) is 0.435. The zero-order valence-electron chi connectivity index (χ0n) is 18.4. The number of hydrogen-bond acceptors (Lipinski definition) is 5. The van der Waals surface area contributed by atoms with Gasteiger partial charge < -0.3 is 15.0 Å². The topological polar surface area (TPSA) is 79.0 Å². The molecule has 1 saturated heterocycles. The van der Waals surface area contributed by atoms with Crippen molar-refractivity contribution in [2.75, 3.05) is 41.8 Å². The Labute approximate surface area is 185 Å². The number of nitrogens with zero attached hydrogens (tertiary/aromatic N) is 2. The van der Waals surface area contributed by atoms with Gasteiger partial charge in [-0.05, 0) is 48.7 Å². The lowest BCUT2D eigenvalue weighted by Gasteiger charge is -2.30. The molecule has 0 saturated carbocycles. The quantitative estimate of drug-likeness (QED) is 0.676. The minimum Gasteiger partial charge on any atom is -0.378 e. The van der Waals surface area contributed by atoms with E-state index in [1.807, 2.05) is 44.2 Å². The average molecular weight is 446 g/mol. The summed E-state index contributed by atoms with van der Waals surface area (Å²) in [4.78, 5) is 15.2. The Bertz CT molecular complexity index is 986. The predicted octanol–water partition coefficient (Wildman–Crippen LogP) is 2.69. The molecular formula is C23H31N3O4S. The van der Waals surface area contributed by atoms with Crippen molar-refractivity contribution in [3.63, 3.8) is 0 Å². The van der Waals surface area contributed by atoms with Gasteiger partial charge in [0.1, 0.15) is 6.04 Å². The minimum absolute atomic E-state index is 0.313. The van der Waals surface area contributed by atoms with Gasteiger partial charge in [0.2, 0.25) is 15.9 Å². The molecule has 1 aliphatic rings. The number of anilines is 2. The maximum Gasteiger partial charge on any atom is 0.244 e. The van der Waals surface area contributed by atoms with E-state index in [4.69, 9.17) is 4.74 Å². The maximum atomic E-state index is 13.0. The Morgan fingerprint density at radius 1 is 1.16 bits per heavy atom. The number of nitrogens with one attached hydrogen (secondary N) is 1. The number of sulfonamides is 1. The van der Waals surface area contributed by atoms with Gasteiger partial charge in [-0.1, -0.05) is 31.2 Å². The van der Waals surface area contributed by atoms with Gasteiger partial charge in [-0.25, -0.2) is 8.42 Å². The molecule has 0 aliphatic carbocycles. The molecular weight excluding hydrogens is 414 g/mol. The number of carbonyl (C=O) groups is 1. The second-order valence-electron chi connectivity index (χ2n) is 7.81. The van der Waals surface area contributed by atoms with E-state index in [2.05, 4.69) is 10.2 Å². The van der Waals surface area contributed by atoms with E-state index in [1.54, 1.807) is 18.2 Å². The summed E-state index contributed by atoms with van der Waals surface area (Å²) in [5.41, 5.74) is 3.52. The molecule has 168 valence electrons. The Balaban J connectivity index is 1.69. The molecule has 8 heteroatoms. The van der Waals surface area contributed by atoms with Crippen molar-refractivity contribution in [1.82, 2.24) is 5.32 Å². The smallest absolute Gasteiger partial charge is 0.244 e. The zero-order chi connectivity index (χ0) is 22.4. The summed E-state index contributed by atoms with van der Waals surface area (Å²) >= 11 is 0. The first kappa shape index (κ1) is 23.1. The normalized spacial score (nSPS) is 15.4. The zero-order valence-corrected chi connectivity index (χ0v) is 19.2. The monoisotopic (exact) mass is 445 g/mol. The van der Waals surface area contributed by atoms with Crippen LogP contribution < -0.4 is 14.5 Å². The van der Waals surface area contributed by atoms with Gasteiger partial charge in [-0.3, -0.25) is 9.10 Å². The number of ether oxygens (including phenoxy) is 1. The third-order valence-corrected chi connectivity index (χ3v) is 6.55. The second kappa shape index (κ2) is 10.2. The summed E-state index contributed by atoms with van der Waals surface area (Å²) in [6.07, 6.45) is 1.50. The molecule has 0 aromatic heterocycles. The molecule has 1 fully saturated rings. The lowest BCUT2D eigenvalue weighted by Crippen LogP contribution is -2.49. The largest absolute Gasteiger partial charge is 0.378 e. The Morgan fingerprint density at radius 3 is 2.42 bits per heavy atom. The first-order chi connectivity index (χ1) is 14.8. The van der Waals surface area contributed by atoms with Crippen LogP contribution in [-0.2, 0) is 26.1 Å². The van der Waals surface area contributed by atoms with E-state index >= 15 is 0 Å². The minimum atomic E-state index is -3.64. The van der Waals surface area contributed by atoms with E-state index in [0.29, 0.717) is 18.7 Å². The summed E-state index contributed by atoms with van der Waals surface area (Å²) < 4.78 is 31.7. The molecule has 1 heterocycles. The SMILES string of the molecule is CC[C@H](C(=O)NCc1ccc(N2CCOCC2)cc1)N(c1cccc(C)c1)S(C)(=O)=O. The highest BCUT2D eigenvalue weighted by molar-refractivity contribution is 7.92. The van der Waals surface area contributed by atoms with Crippen LogP contribution in [0.1, 0.15) is 24.5 Å². The number of carbonyl (C=O) groups excluding carboxylic acids is 1. The first-order valence-corrected chi connectivity index (χ1v) is 12.4. The highest BCUT2D eigenvalue weighted by Gasteiger charge is 2.31. The fourth-order valence-corrected chi connectivity index (χ4v) is 4.98. The number of benzene rings is 2. The van der Waals surface area contributed by atoms with Gasteiger partial charge in [0.15, 0.2) is 0 Å². The average Bonchev–Trinajstić information content (AvgIpc) is 2.75. The van der Waals surface area contributed by atoms with E-state index in [1.165, 1.54) is 4.31 Å². The molecule has 2 aromatic rings. The van der Waals surface area contributed by atoms with Crippen molar-refractivity contribution in [3.05, 3.63) is 59.7 Å². The second-order valence-corrected chi connectivity index (χ2v) is 9.66. The number of amides is 1. The molecule has 1 N–H and O–H groups in total. The van der Waals surface area contributed by atoms with Crippen LogP contribution in [0, 0.1) is 6.92 Å². The van der Waals surface area contributed by atoms with Crippen LogP contribution in [0.3, 0.4) is 0 Å². The molecule has 0 radical (unpaired) electrons. The van der Waals surface area contributed by atoms with Crippen LogP contribution in [0.15, 0.2) is 48.5 Å². The number of rotatable bonds is 8. The lowest BCUT2D eigenvalue weighted by molar-refractivity contribution is -0.122. The summed E-state index contributed by atoms with van der Waals surface area (Å²) in [7, 11) is -3.64. The van der Waals surface area contributed by atoms with E-state index in [-0.39, 0.29) is 5.91 Å². The van der Waals surface area contributed by atoms with Crippen molar-refractivity contribution in [3.8, 4) is 0 Å². The molecule has 7 nitrogen and oxygen atoms in total. The Hall–Kier alpha value is -2.58. The third kappa shape index (κ3) is 5.98. The van der Waals surface area contributed by atoms with Gasteiger partial charge in [0, 0.05) is 25.3 Å². The van der Waals surface area contributed by atoms with Crippen molar-refractivity contribution in [1.29, 1.82) is 0 Å². The molecule has 0 spiro atoms. The number of hydrogen-bond donors (Lipinski definition) is 1. The fourth-order valence-electron chi connectivity index (χ4n) is 3.78. The molecule has 0 bridgehead atoms. The van der Waals surface area contributed by atoms with Crippen LogP contribution >= 0.6 is 0 Å². The highest BCUT2D eigenvalue weighted by Crippen LogP contribution is 2.23. The van der Waals surface area contributed by atoms with Crippen LogP contribution in [0.25, 0.3) is 0 Å². The van der Waals surface area contributed by atoms with Gasteiger partial charge in [-0.2, -0.15) is 0 Å². The number of morpholine rings is 1. The van der Waals surface area contributed by atoms with E-state index in [9.17, 15) is 13.2 Å². The lowest BCUT2D eigenvalue weighted by atomic mass is 10.1. The van der Waals surface area contributed by atoms with Crippen molar-refractivity contribution in [2.24, 2.45) is 0 Å². The van der Waals surface area contributed by atoms with Crippen LogP contribution in [0.4, 0.5) is 11.4 Å². The van der Waals surface area contributed by atoms with Gasteiger partial charge in [0.25, 0.3) is 0 Å². The first-order valence-electron chi connectivity index (χ1n) is 10.5. The van der Waals surface area contributed by atoms with Crippen molar-refractivity contribution < 1.29 is 17.9 Å². The standard InChI is InChI=1S/C23H31N3O4S/c1-4-22(26(31(3,28)29)21-7-5-6-18(2)16-21)23(27)24-17-19-8-10-20(11-9-19)25-12-14-30-15-13-25/h5-11,16,22H,4,12-15,17H2,1-3H3,(H,24,27)/t22-/m1/s1. The summed E-state index contributed by atoms with van der Waals surface area (Å²) in [6.45, 7) is 7.25. The van der Waals surface area contributed by atoms with E-state index < -0.39 is 16.1 Å². The van der Waals surface area contributed by atoms with Gasteiger partial charge in [-0.15, -0.1) is 0 Å². The van der Waals surface area contributed by atoms with Crippen LogP contribution in [0.2, 0.25) is 0 Å². The van der Waals surface area contributed by atoms with Crippen LogP contribution in [-0.4, -0.2) is 52.9 Å². The van der Waals surface area contributed by atoms with Gasteiger partial charge in [0.05, 0.1) is 25.2 Å². The summed E-state index contributed by atoms with van der Waals surface area (Å²) in [5, 5.41) is 2.91. The third-order valence-electron chi connectivity index (χ3n) is 5.37.